The maximum absolute atomic E-state index is 13.9. The highest BCUT2D eigenvalue weighted by Gasteiger charge is 2.45. The van der Waals surface area contributed by atoms with Crippen LogP contribution in [0, 0.1) is 17.3 Å². The maximum atomic E-state index is 13.9. The molecule has 4 rings (SSSR count). The number of ketones is 1. The van der Waals surface area contributed by atoms with Gasteiger partial charge in [-0.25, -0.2) is 4.79 Å². The number of amides is 5. The van der Waals surface area contributed by atoms with Gasteiger partial charge in [0.1, 0.15) is 25.2 Å². The Kier molecular flexibility index (Phi) is 18.7. The number of hydrogen-bond donors (Lipinski definition) is 4. The molecule has 286 valence electrons. The van der Waals surface area contributed by atoms with Gasteiger partial charge in [-0.1, -0.05) is 136 Å². The second-order valence-electron chi connectivity index (χ2n) is 14.7. The molecule has 2 aliphatic carbocycles. The number of esters is 1. The third-order valence-corrected chi connectivity index (χ3v) is 9.74. The zero-order valence-corrected chi connectivity index (χ0v) is 31.8. The average Bonchev–Trinajstić information content (AvgIpc) is 3.56. The molecule has 0 aromatic heterocycles. The van der Waals surface area contributed by atoms with Crippen LogP contribution in [0.1, 0.15) is 124 Å². The van der Waals surface area contributed by atoms with E-state index in [1.54, 1.807) is 20.8 Å². The van der Waals surface area contributed by atoms with Crippen LogP contribution in [-0.4, -0.2) is 71.6 Å². The van der Waals surface area contributed by atoms with Gasteiger partial charge in [-0.2, -0.15) is 0 Å². The predicted octanol–water partition coefficient (Wildman–Crippen LogP) is 5.17. The van der Waals surface area contributed by atoms with Crippen LogP contribution in [0.2, 0.25) is 0 Å². The quantitative estimate of drug-likeness (QED) is 0.161. The third-order valence-electron chi connectivity index (χ3n) is 9.74. The van der Waals surface area contributed by atoms with E-state index < -0.39 is 65.6 Å². The van der Waals surface area contributed by atoms with Crippen LogP contribution in [0.25, 0.3) is 0 Å². The molecular weight excluding hydrogens is 650 g/mol. The summed E-state index contributed by atoms with van der Waals surface area (Å²) in [6, 6.07) is 5.43. The Morgan fingerprint density at radius 2 is 1.47 bits per heavy atom. The van der Waals surface area contributed by atoms with Gasteiger partial charge in [0.2, 0.25) is 17.6 Å². The minimum atomic E-state index is -1.11. The molecule has 2 saturated carbocycles. The number of carbonyl (C=O) groups excluding carboxylic acids is 6. The summed E-state index contributed by atoms with van der Waals surface area (Å²) in [5.41, 5.74) is 5.32. The van der Waals surface area contributed by atoms with Crippen molar-refractivity contribution >= 4 is 35.5 Å². The van der Waals surface area contributed by atoms with Crippen molar-refractivity contribution in [1.82, 2.24) is 20.9 Å². The summed E-state index contributed by atoms with van der Waals surface area (Å²) in [6.07, 6.45) is 13.3. The lowest BCUT2D eigenvalue weighted by molar-refractivity contribution is -0.143. The molecule has 0 bridgehead atoms. The number of ether oxygens (including phenoxy) is 1. The Labute approximate surface area is 304 Å². The molecule has 51 heavy (non-hydrogen) atoms. The standard InChI is InChI=1S/C31H45N5O7.C6H12.C2H6/c1-5-19-15-23(28(40)34-22(25(38)27(32)39)14-20-12-9-13-20)36(17-19)29(41)26(31(2,3)4)35-30(42)33-16-24(37)43-18-21-10-7-6-8-11-21;1-2-4-6-5-3-1;1-2/h6-8,10-11,19-20,22-23,26H,5,9,12-18H2,1-4H3,(H2,32,39)(H,34,40)(H2,33,35,42);1-6H2;1-2H3/t19-,22?,23?,26?;;/m1../s1. The first kappa shape index (κ1) is 43.2. The van der Waals surface area contributed by atoms with Gasteiger partial charge in [-0.15, -0.1) is 0 Å². The molecule has 1 aromatic carbocycles. The molecule has 1 aliphatic heterocycles. The van der Waals surface area contributed by atoms with E-state index in [1.807, 2.05) is 51.1 Å². The number of urea groups is 1. The fourth-order valence-corrected chi connectivity index (χ4v) is 6.44. The van der Waals surface area contributed by atoms with E-state index >= 15 is 0 Å². The van der Waals surface area contributed by atoms with Crippen molar-refractivity contribution in [3.05, 3.63) is 35.9 Å². The number of likely N-dealkylation sites (tertiary alicyclic amines) is 1. The van der Waals surface area contributed by atoms with Gasteiger partial charge < -0.3 is 31.3 Å². The van der Waals surface area contributed by atoms with Crippen LogP contribution in [0.3, 0.4) is 0 Å². The van der Waals surface area contributed by atoms with Crippen LogP contribution in [0.5, 0.6) is 0 Å². The molecular formula is C39H63N5O7. The smallest absolute Gasteiger partial charge is 0.325 e. The zero-order valence-electron chi connectivity index (χ0n) is 31.8. The first-order chi connectivity index (χ1) is 24.3. The molecule has 1 heterocycles. The molecule has 3 unspecified atom stereocenters. The Morgan fingerprint density at radius 3 is 1.96 bits per heavy atom. The topological polar surface area (TPSA) is 177 Å². The minimum Gasteiger partial charge on any atom is -0.460 e. The first-order valence-corrected chi connectivity index (χ1v) is 19.0. The molecule has 3 fully saturated rings. The van der Waals surface area contributed by atoms with Crippen molar-refractivity contribution in [2.75, 3.05) is 13.1 Å². The maximum Gasteiger partial charge on any atom is 0.325 e. The van der Waals surface area contributed by atoms with E-state index in [4.69, 9.17) is 10.5 Å². The first-order valence-electron chi connectivity index (χ1n) is 19.0. The van der Waals surface area contributed by atoms with Crippen molar-refractivity contribution in [3.8, 4) is 0 Å². The summed E-state index contributed by atoms with van der Waals surface area (Å²) < 4.78 is 5.19. The molecule has 12 heteroatoms. The fourth-order valence-electron chi connectivity index (χ4n) is 6.44. The summed E-state index contributed by atoms with van der Waals surface area (Å²) in [5.74, 6) is -3.32. The summed E-state index contributed by atoms with van der Waals surface area (Å²) in [6.45, 7) is 11.3. The monoisotopic (exact) mass is 713 g/mol. The van der Waals surface area contributed by atoms with E-state index in [1.165, 1.54) is 43.4 Å². The van der Waals surface area contributed by atoms with Gasteiger partial charge >= 0.3 is 12.0 Å². The molecule has 5 amide bonds. The second-order valence-corrected chi connectivity index (χ2v) is 14.7. The van der Waals surface area contributed by atoms with Crippen molar-refractivity contribution in [2.24, 2.45) is 23.0 Å². The van der Waals surface area contributed by atoms with E-state index in [-0.39, 0.29) is 18.4 Å². The summed E-state index contributed by atoms with van der Waals surface area (Å²) >= 11 is 0. The van der Waals surface area contributed by atoms with Gasteiger partial charge in [0.25, 0.3) is 5.91 Å². The van der Waals surface area contributed by atoms with Crippen molar-refractivity contribution in [1.29, 1.82) is 0 Å². The molecule has 0 radical (unpaired) electrons. The van der Waals surface area contributed by atoms with Crippen LogP contribution in [0.4, 0.5) is 4.79 Å². The molecule has 1 saturated heterocycles. The number of primary amides is 1. The van der Waals surface area contributed by atoms with Crippen molar-refractivity contribution in [2.45, 2.75) is 143 Å². The second kappa shape index (κ2) is 22.1. The number of Topliss-reactive ketones (excluding diaryl/α,β-unsaturated/α-hetero) is 1. The summed E-state index contributed by atoms with van der Waals surface area (Å²) in [4.78, 5) is 78.1. The van der Waals surface area contributed by atoms with Crippen molar-refractivity contribution in [3.63, 3.8) is 0 Å². The van der Waals surface area contributed by atoms with Gasteiger partial charge in [0, 0.05) is 6.54 Å². The number of nitrogens with one attached hydrogen (secondary N) is 3. The van der Waals surface area contributed by atoms with Gasteiger partial charge in [-0.3, -0.25) is 24.0 Å². The fraction of sp³-hybridized carbons (Fsp3) is 0.692. The molecule has 0 spiro atoms. The van der Waals surface area contributed by atoms with Crippen LogP contribution in [-0.2, 0) is 35.3 Å². The highest BCUT2D eigenvalue weighted by atomic mass is 16.5. The summed E-state index contributed by atoms with van der Waals surface area (Å²) in [7, 11) is 0. The lowest BCUT2D eigenvalue weighted by atomic mass is 9.80. The van der Waals surface area contributed by atoms with E-state index in [9.17, 15) is 28.8 Å². The van der Waals surface area contributed by atoms with Crippen LogP contribution in [0.15, 0.2) is 30.3 Å². The zero-order chi connectivity index (χ0) is 38.0. The highest BCUT2D eigenvalue weighted by Crippen LogP contribution is 2.32. The van der Waals surface area contributed by atoms with Gasteiger partial charge in [0.05, 0.1) is 6.04 Å². The van der Waals surface area contributed by atoms with E-state index in [0.717, 1.165) is 31.2 Å². The Balaban J connectivity index is 0.00000100. The number of nitrogens with two attached hydrogens (primary N) is 1. The lowest BCUT2D eigenvalue weighted by Crippen LogP contribution is -2.60. The number of rotatable bonds is 13. The lowest BCUT2D eigenvalue weighted by Gasteiger charge is -2.36. The number of hydrogen-bond acceptors (Lipinski definition) is 7. The number of carbonyl (C=O) groups is 6. The molecule has 12 nitrogen and oxygen atoms in total. The van der Waals surface area contributed by atoms with Crippen molar-refractivity contribution < 1.29 is 33.5 Å². The average molecular weight is 714 g/mol. The molecule has 1 aromatic rings. The number of benzene rings is 1. The molecule has 4 atom stereocenters. The molecule has 5 N–H and O–H groups in total. The summed E-state index contributed by atoms with van der Waals surface area (Å²) in [5, 5.41) is 7.83. The van der Waals surface area contributed by atoms with E-state index in [2.05, 4.69) is 16.0 Å². The Morgan fingerprint density at radius 1 is 0.882 bits per heavy atom. The largest absolute Gasteiger partial charge is 0.460 e. The van der Waals surface area contributed by atoms with Crippen LogP contribution >= 0.6 is 0 Å². The predicted molar refractivity (Wildman–Crippen MR) is 197 cm³/mol. The normalized spacial score (nSPS) is 19.7. The van der Waals surface area contributed by atoms with Crippen LogP contribution < -0.4 is 21.7 Å². The number of nitrogens with zero attached hydrogens (tertiary/aromatic N) is 1. The van der Waals surface area contributed by atoms with Gasteiger partial charge in [-0.05, 0) is 35.7 Å². The molecule has 3 aliphatic rings. The highest BCUT2D eigenvalue weighted by molar-refractivity contribution is 6.37. The van der Waals surface area contributed by atoms with Gasteiger partial charge in [0.15, 0.2) is 0 Å². The Hall–Kier alpha value is -3.96. The third kappa shape index (κ3) is 14.7. The van der Waals surface area contributed by atoms with E-state index in [0.29, 0.717) is 19.4 Å². The Bertz CT molecular complexity index is 1260. The SMILES string of the molecule is C1CCCCC1.CC.CC[C@@H]1CC(C(=O)NC(CC2CCC2)C(=O)C(N)=O)N(C(=O)C(NC(=O)NCC(=O)OCc2ccccc2)C(C)(C)C)C1. The minimum absolute atomic E-state index is 0.0328.